The van der Waals surface area contributed by atoms with Crippen LogP contribution in [0.25, 0.3) is 10.9 Å². The molecule has 0 aliphatic carbocycles. The molecule has 9 heteroatoms. The van der Waals surface area contributed by atoms with E-state index in [1.165, 1.54) is 0 Å². The summed E-state index contributed by atoms with van der Waals surface area (Å²) in [6.07, 6.45) is 0. The molecule has 0 saturated carbocycles. The fourth-order valence-electron chi connectivity index (χ4n) is 2.44. The van der Waals surface area contributed by atoms with Gasteiger partial charge in [0.25, 0.3) is 0 Å². The Labute approximate surface area is 169 Å². The predicted octanol–water partition coefficient (Wildman–Crippen LogP) is 1.96. The number of benzene rings is 1. The van der Waals surface area contributed by atoms with Crippen LogP contribution in [-0.4, -0.2) is 89.2 Å². The summed E-state index contributed by atoms with van der Waals surface area (Å²) in [5.41, 5.74) is 0.909. The lowest BCUT2D eigenvalue weighted by Crippen LogP contribution is -2.14. The summed E-state index contributed by atoms with van der Waals surface area (Å²) >= 11 is 0. The average Bonchev–Trinajstić information content (AvgIpc) is 3.15. The van der Waals surface area contributed by atoms with Gasteiger partial charge in [0.1, 0.15) is 18.1 Å². The molecule has 0 spiro atoms. The molecule has 162 valence electrons. The summed E-state index contributed by atoms with van der Waals surface area (Å²) in [5, 5.41) is 9.79. The van der Waals surface area contributed by atoms with Crippen molar-refractivity contribution in [2.45, 2.75) is 0 Å². The van der Waals surface area contributed by atoms with Gasteiger partial charge >= 0.3 is 5.97 Å². The standard InChI is InChI=1S/C20H29NO8/c1-24-4-5-25-6-7-26-8-9-27-10-11-28-12-13-29-17-2-3-18-16(14-17)15-19(21-18)20(22)23/h2-3,14-15,21H,4-13H2,1H3,(H,22,23). The molecule has 1 aromatic carbocycles. The van der Waals surface area contributed by atoms with Crippen molar-refractivity contribution in [3.63, 3.8) is 0 Å². The highest BCUT2D eigenvalue weighted by atomic mass is 16.6. The van der Waals surface area contributed by atoms with Gasteiger partial charge in [-0.3, -0.25) is 0 Å². The molecule has 0 fully saturated rings. The van der Waals surface area contributed by atoms with Gasteiger partial charge in [-0.15, -0.1) is 0 Å². The Bertz CT molecular complexity index is 718. The molecule has 1 heterocycles. The van der Waals surface area contributed by atoms with Crippen molar-refractivity contribution in [3.05, 3.63) is 30.0 Å². The third-order valence-corrected chi connectivity index (χ3v) is 3.87. The van der Waals surface area contributed by atoms with Gasteiger partial charge < -0.3 is 38.5 Å². The van der Waals surface area contributed by atoms with E-state index in [9.17, 15) is 4.79 Å². The maximum atomic E-state index is 11.0. The molecule has 2 rings (SSSR count). The Balaban J connectivity index is 1.43. The number of H-pyrrole nitrogens is 1. The van der Waals surface area contributed by atoms with Gasteiger partial charge in [-0.25, -0.2) is 4.79 Å². The monoisotopic (exact) mass is 411 g/mol. The molecule has 0 unspecified atom stereocenters. The Kier molecular flexibility index (Phi) is 11.1. The molecular weight excluding hydrogens is 382 g/mol. The van der Waals surface area contributed by atoms with Crippen LogP contribution in [0.2, 0.25) is 0 Å². The van der Waals surface area contributed by atoms with Crippen molar-refractivity contribution in [2.24, 2.45) is 0 Å². The SMILES string of the molecule is COCCOCCOCCOCCOCCOc1ccc2[nH]c(C(=O)O)cc2c1. The van der Waals surface area contributed by atoms with Gasteiger partial charge in [-0.1, -0.05) is 0 Å². The van der Waals surface area contributed by atoms with Crippen molar-refractivity contribution in [1.29, 1.82) is 0 Å². The van der Waals surface area contributed by atoms with Crippen molar-refractivity contribution in [1.82, 2.24) is 4.98 Å². The number of carboxylic acids is 1. The number of hydrogen-bond acceptors (Lipinski definition) is 7. The molecule has 29 heavy (non-hydrogen) atoms. The van der Waals surface area contributed by atoms with Gasteiger partial charge in [0, 0.05) is 18.0 Å². The minimum Gasteiger partial charge on any atom is -0.491 e. The van der Waals surface area contributed by atoms with Crippen LogP contribution in [0.5, 0.6) is 5.75 Å². The van der Waals surface area contributed by atoms with Crippen LogP contribution < -0.4 is 4.74 Å². The number of nitrogens with one attached hydrogen (secondary N) is 1. The molecule has 0 bridgehead atoms. The molecular formula is C20H29NO8. The Morgan fingerprint density at radius 1 is 0.828 bits per heavy atom. The van der Waals surface area contributed by atoms with Crippen molar-refractivity contribution >= 4 is 16.9 Å². The fourth-order valence-corrected chi connectivity index (χ4v) is 2.44. The molecule has 0 atom stereocenters. The third kappa shape index (κ3) is 9.25. The van der Waals surface area contributed by atoms with Crippen LogP contribution in [-0.2, 0) is 23.7 Å². The zero-order valence-corrected chi connectivity index (χ0v) is 16.7. The minimum absolute atomic E-state index is 0.154. The molecule has 9 nitrogen and oxygen atoms in total. The van der Waals surface area contributed by atoms with Crippen LogP contribution in [0.4, 0.5) is 0 Å². The zero-order chi connectivity index (χ0) is 20.7. The summed E-state index contributed by atoms with van der Waals surface area (Å²) in [4.78, 5) is 13.8. The van der Waals surface area contributed by atoms with Gasteiger partial charge in [0.05, 0.1) is 59.5 Å². The number of aromatic nitrogens is 1. The number of aromatic amines is 1. The molecule has 2 aromatic rings. The summed E-state index contributed by atoms with van der Waals surface area (Å²) in [6.45, 7) is 5.06. The summed E-state index contributed by atoms with van der Waals surface area (Å²) in [5.74, 6) is -0.325. The number of methoxy groups -OCH3 is 1. The van der Waals surface area contributed by atoms with E-state index >= 15 is 0 Å². The number of fused-ring (bicyclic) bond motifs is 1. The molecule has 2 N–H and O–H groups in total. The highest BCUT2D eigenvalue weighted by Crippen LogP contribution is 2.21. The van der Waals surface area contributed by atoms with Crippen LogP contribution >= 0.6 is 0 Å². The van der Waals surface area contributed by atoms with Crippen LogP contribution in [0.1, 0.15) is 10.5 Å². The highest BCUT2D eigenvalue weighted by molar-refractivity contribution is 5.94. The van der Waals surface area contributed by atoms with Crippen LogP contribution in [0.3, 0.4) is 0 Å². The zero-order valence-electron chi connectivity index (χ0n) is 16.7. The lowest BCUT2D eigenvalue weighted by molar-refractivity contribution is -0.00978. The van der Waals surface area contributed by atoms with E-state index in [-0.39, 0.29) is 5.69 Å². The summed E-state index contributed by atoms with van der Waals surface area (Å²) in [6, 6.07) is 6.95. The maximum absolute atomic E-state index is 11.0. The Morgan fingerprint density at radius 2 is 1.38 bits per heavy atom. The van der Waals surface area contributed by atoms with Crippen molar-refractivity contribution in [2.75, 3.05) is 73.2 Å². The number of ether oxygens (including phenoxy) is 6. The first kappa shape index (κ1) is 23.1. The van der Waals surface area contributed by atoms with Gasteiger partial charge in [0.15, 0.2) is 0 Å². The molecule has 1 aromatic heterocycles. The lowest BCUT2D eigenvalue weighted by atomic mass is 10.2. The van der Waals surface area contributed by atoms with Crippen molar-refractivity contribution in [3.8, 4) is 5.75 Å². The van der Waals surface area contributed by atoms with E-state index in [1.54, 1.807) is 31.4 Å². The largest absolute Gasteiger partial charge is 0.491 e. The quantitative estimate of drug-likeness (QED) is 0.380. The van der Waals surface area contributed by atoms with E-state index in [4.69, 9.17) is 33.5 Å². The third-order valence-electron chi connectivity index (χ3n) is 3.87. The molecule has 0 aliphatic heterocycles. The molecule has 0 aliphatic rings. The Morgan fingerprint density at radius 3 is 1.93 bits per heavy atom. The maximum Gasteiger partial charge on any atom is 0.352 e. The first-order chi connectivity index (χ1) is 14.2. The highest BCUT2D eigenvalue weighted by Gasteiger charge is 2.07. The van der Waals surface area contributed by atoms with Crippen molar-refractivity contribution < 1.29 is 38.3 Å². The Hall–Kier alpha value is -2.17. The molecule has 0 amide bonds. The second kappa shape index (κ2) is 13.9. The molecule has 0 saturated heterocycles. The number of carboxylic acid groups (broad SMARTS) is 1. The molecule has 0 radical (unpaired) electrons. The van der Waals surface area contributed by atoms with Gasteiger partial charge in [0.2, 0.25) is 0 Å². The predicted molar refractivity (Wildman–Crippen MR) is 106 cm³/mol. The summed E-state index contributed by atoms with van der Waals surface area (Å²) < 4.78 is 32.0. The van der Waals surface area contributed by atoms with E-state index in [1.807, 2.05) is 0 Å². The number of hydrogen-bond donors (Lipinski definition) is 2. The number of carbonyl (C=O) groups is 1. The van der Waals surface area contributed by atoms with E-state index in [2.05, 4.69) is 4.98 Å². The summed E-state index contributed by atoms with van der Waals surface area (Å²) in [7, 11) is 1.64. The van der Waals surface area contributed by atoms with E-state index in [0.29, 0.717) is 71.8 Å². The fraction of sp³-hybridized carbons (Fsp3) is 0.550. The first-order valence-corrected chi connectivity index (χ1v) is 9.49. The second-order valence-corrected chi connectivity index (χ2v) is 6.03. The minimum atomic E-state index is -0.988. The number of rotatable bonds is 17. The number of aromatic carboxylic acids is 1. The van der Waals surface area contributed by atoms with Crippen LogP contribution in [0.15, 0.2) is 24.3 Å². The van der Waals surface area contributed by atoms with Gasteiger partial charge in [-0.2, -0.15) is 0 Å². The van der Waals surface area contributed by atoms with E-state index < -0.39 is 5.97 Å². The lowest BCUT2D eigenvalue weighted by Gasteiger charge is -2.08. The average molecular weight is 411 g/mol. The van der Waals surface area contributed by atoms with Crippen LogP contribution in [0, 0.1) is 0 Å². The second-order valence-electron chi connectivity index (χ2n) is 6.03. The first-order valence-electron chi connectivity index (χ1n) is 9.49. The van der Waals surface area contributed by atoms with E-state index in [0.717, 1.165) is 10.9 Å². The van der Waals surface area contributed by atoms with Gasteiger partial charge in [-0.05, 0) is 24.3 Å². The normalized spacial score (nSPS) is 11.2. The smallest absolute Gasteiger partial charge is 0.352 e. The topological polar surface area (TPSA) is 108 Å².